The third-order valence-corrected chi connectivity index (χ3v) is 7.80. The van der Waals surface area contributed by atoms with Crippen LogP contribution in [0.1, 0.15) is 67.8 Å². The van der Waals surface area contributed by atoms with Gasteiger partial charge in [0, 0.05) is 17.5 Å². The second-order valence-corrected chi connectivity index (χ2v) is 12.6. The Labute approximate surface area is 229 Å². The minimum atomic E-state index is -0.376. The van der Waals surface area contributed by atoms with Crippen molar-refractivity contribution in [2.24, 2.45) is 5.92 Å². The summed E-state index contributed by atoms with van der Waals surface area (Å²) in [5, 5.41) is 7.73. The summed E-state index contributed by atoms with van der Waals surface area (Å²) in [5.74, 6) is 0.286. The van der Waals surface area contributed by atoms with Crippen molar-refractivity contribution >= 4 is 29.4 Å². The lowest BCUT2D eigenvalue weighted by Crippen LogP contribution is -2.43. The first-order valence-corrected chi connectivity index (χ1v) is 14.1. The van der Waals surface area contributed by atoms with Gasteiger partial charge in [-0.15, -0.1) is 11.8 Å². The van der Waals surface area contributed by atoms with Gasteiger partial charge in [0.15, 0.2) is 0 Å². The van der Waals surface area contributed by atoms with Crippen molar-refractivity contribution in [2.45, 2.75) is 59.1 Å². The van der Waals surface area contributed by atoms with E-state index in [2.05, 4.69) is 32.2 Å². The van der Waals surface area contributed by atoms with Crippen LogP contribution in [0.3, 0.4) is 0 Å². The first-order chi connectivity index (χ1) is 17.9. The monoisotopic (exact) mass is 536 g/mol. The van der Waals surface area contributed by atoms with E-state index >= 15 is 0 Å². The molecule has 0 bridgehead atoms. The molecule has 2 amide bonds. The summed E-state index contributed by atoms with van der Waals surface area (Å²) in [6.07, 6.45) is 0. The smallest absolute Gasteiger partial charge is 0.240 e. The zero-order chi connectivity index (χ0) is 27.8. The number of aryl methyl sites for hydroxylation is 2. The van der Waals surface area contributed by atoms with Crippen LogP contribution >= 0.6 is 11.8 Å². The summed E-state index contributed by atoms with van der Waals surface area (Å²) in [6.45, 7) is 14.8. The lowest BCUT2D eigenvalue weighted by molar-refractivity contribution is -0.123. The largest absolute Gasteiger partial charge is 0.354 e. The fourth-order valence-corrected chi connectivity index (χ4v) is 5.92. The molecule has 8 heteroatoms. The zero-order valence-electron chi connectivity index (χ0n) is 23.3. The van der Waals surface area contributed by atoms with E-state index in [1.54, 1.807) is 11.0 Å². The number of nitrogens with one attached hydrogen (secondary N) is 1. The van der Waals surface area contributed by atoms with Gasteiger partial charge in [0.2, 0.25) is 11.8 Å². The highest BCUT2D eigenvalue weighted by Crippen LogP contribution is 2.48. The van der Waals surface area contributed by atoms with Gasteiger partial charge in [-0.3, -0.25) is 14.5 Å². The number of hydrogen-bond acceptors (Lipinski definition) is 4. The number of carbonyl (C=O) groups excluding carboxylic acids is 2. The Bertz CT molecular complexity index is 1360. The number of aromatic nitrogens is 2. The van der Waals surface area contributed by atoms with Gasteiger partial charge in [-0.2, -0.15) is 5.10 Å². The lowest BCUT2D eigenvalue weighted by atomic mass is 9.87. The summed E-state index contributed by atoms with van der Waals surface area (Å²) in [4.78, 5) is 28.3. The third-order valence-electron chi connectivity index (χ3n) is 6.54. The van der Waals surface area contributed by atoms with Crippen LogP contribution in [0.2, 0.25) is 0 Å². The van der Waals surface area contributed by atoms with Crippen LogP contribution < -0.4 is 10.2 Å². The normalized spacial score (nSPS) is 16.0. The maximum atomic E-state index is 14.4. The molecule has 0 fully saturated rings. The van der Waals surface area contributed by atoms with Crippen molar-refractivity contribution in [1.82, 2.24) is 15.1 Å². The molecule has 2 heterocycles. The van der Waals surface area contributed by atoms with E-state index in [4.69, 9.17) is 5.10 Å². The van der Waals surface area contributed by atoms with E-state index < -0.39 is 0 Å². The average molecular weight is 537 g/mol. The average Bonchev–Trinajstić information content (AvgIpc) is 3.15. The SMILES string of the molecule is Cc1ccc(-n2nc(C(C)(C)C)c3c2N(CC(=O)NCC(C)C)C(=O)CS[C@H]3c2cccc(F)c2)c(C)c1. The summed E-state index contributed by atoms with van der Waals surface area (Å²) >= 11 is 1.45. The molecule has 0 spiro atoms. The number of fused-ring (bicyclic) bond motifs is 1. The first kappa shape index (κ1) is 27.9. The second-order valence-electron chi connectivity index (χ2n) is 11.5. The van der Waals surface area contributed by atoms with Crippen molar-refractivity contribution < 1.29 is 14.0 Å². The number of nitrogens with zero attached hydrogens (tertiary/aromatic N) is 3. The van der Waals surface area contributed by atoms with Crippen molar-refractivity contribution in [2.75, 3.05) is 23.7 Å². The van der Waals surface area contributed by atoms with Crippen LogP contribution in [-0.2, 0) is 15.0 Å². The Morgan fingerprint density at radius 2 is 1.92 bits per heavy atom. The fraction of sp³-hybridized carbons (Fsp3) is 0.433. The highest BCUT2D eigenvalue weighted by atomic mass is 32.2. The molecular formula is C30H37FN4O2S. The Morgan fingerprint density at radius 3 is 2.55 bits per heavy atom. The number of hydrogen-bond donors (Lipinski definition) is 1. The number of thioether (sulfide) groups is 1. The van der Waals surface area contributed by atoms with E-state index in [1.165, 1.54) is 23.9 Å². The van der Waals surface area contributed by atoms with E-state index in [0.717, 1.165) is 33.6 Å². The Hall–Kier alpha value is -3.13. The van der Waals surface area contributed by atoms with Gasteiger partial charge in [-0.25, -0.2) is 9.07 Å². The van der Waals surface area contributed by atoms with Gasteiger partial charge >= 0.3 is 0 Å². The summed E-state index contributed by atoms with van der Waals surface area (Å²) in [7, 11) is 0. The molecule has 6 nitrogen and oxygen atoms in total. The van der Waals surface area contributed by atoms with Crippen LogP contribution in [-0.4, -0.2) is 40.4 Å². The van der Waals surface area contributed by atoms with Crippen LogP contribution in [0.25, 0.3) is 5.69 Å². The van der Waals surface area contributed by atoms with Crippen LogP contribution in [0, 0.1) is 25.6 Å². The van der Waals surface area contributed by atoms with E-state index in [1.807, 2.05) is 50.6 Å². The molecule has 38 heavy (non-hydrogen) atoms. The van der Waals surface area contributed by atoms with E-state index in [-0.39, 0.29) is 46.5 Å². The Balaban J connectivity index is 2.00. The van der Waals surface area contributed by atoms with Gasteiger partial charge in [0.1, 0.15) is 18.2 Å². The third kappa shape index (κ3) is 5.80. The molecule has 1 aliphatic heterocycles. The van der Waals surface area contributed by atoms with Gasteiger partial charge in [0.05, 0.1) is 22.4 Å². The minimum absolute atomic E-state index is 0.116. The predicted octanol–water partition coefficient (Wildman–Crippen LogP) is 5.87. The molecule has 4 rings (SSSR count). The number of anilines is 1. The van der Waals surface area contributed by atoms with Gasteiger partial charge < -0.3 is 5.32 Å². The summed E-state index contributed by atoms with van der Waals surface area (Å²) in [6, 6.07) is 12.6. The predicted molar refractivity (Wildman–Crippen MR) is 153 cm³/mol. The Morgan fingerprint density at radius 1 is 1.18 bits per heavy atom. The Kier molecular flexibility index (Phi) is 8.02. The fourth-order valence-electron chi connectivity index (χ4n) is 4.73. The topological polar surface area (TPSA) is 67.2 Å². The number of benzene rings is 2. The number of rotatable bonds is 6. The van der Waals surface area contributed by atoms with E-state index in [9.17, 15) is 14.0 Å². The first-order valence-electron chi connectivity index (χ1n) is 13.0. The summed E-state index contributed by atoms with van der Waals surface area (Å²) < 4.78 is 16.2. The van der Waals surface area contributed by atoms with Crippen molar-refractivity contribution in [3.05, 3.63) is 76.2 Å². The molecule has 1 N–H and O–H groups in total. The standard InChI is InChI=1S/C30H37FN4O2S/c1-18(2)15-32-24(36)16-34-25(37)17-38-27(21-9-8-10-22(31)14-21)26-28(30(5,6)7)33-35(29(26)34)23-12-11-19(3)13-20(23)4/h8-14,18,27H,15-17H2,1-7H3,(H,32,36)/t27-/m0/s1. The molecule has 1 aromatic heterocycles. The highest BCUT2D eigenvalue weighted by Gasteiger charge is 2.40. The minimum Gasteiger partial charge on any atom is -0.354 e. The molecule has 0 saturated heterocycles. The van der Waals surface area contributed by atoms with Crippen molar-refractivity contribution in [3.63, 3.8) is 0 Å². The molecule has 0 saturated carbocycles. The molecule has 0 radical (unpaired) electrons. The maximum Gasteiger partial charge on any atom is 0.240 e. The van der Waals surface area contributed by atoms with Crippen molar-refractivity contribution in [3.8, 4) is 5.69 Å². The molecule has 202 valence electrons. The highest BCUT2D eigenvalue weighted by molar-refractivity contribution is 8.00. The molecule has 1 atom stereocenters. The number of amides is 2. The quantitative estimate of drug-likeness (QED) is 0.428. The second kappa shape index (κ2) is 10.9. The number of carbonyl (C=O) groups is 2. The summed E-state index contributed by atoms with van der Waals surface area (Å²) in [5.41, 5.74) is 5.01. The zero-order valence-corrected chi connectivity index (χ0v) is 24.1. The van der Waals surface area contributed by atoms with Gasteiger partial charge in [0.25, 0.3) is 0 Å². The van der Waals surface area contributed by atoms with Gasteiger partial charge in [-0.1, -0.05) is 64.4 Å². The van der Waals surface area contributed by atoms with E-state index in [0.29, 0.717) is 12.4 Å². The molecule has 0 unspecified atom stereocenters. The molecule has 0 aliphatic carbocycles. The van der Waals surface area contributed by atoms with Crippen LogP contribution in [0.5, 0.6) is 0 Å². The number of halogens is 1. The molecule has 1 aliphatic rings. The maximum absolute atomic E-state index is 14.4. The van der Waals surface area contributed by atoms with Crippen LogP contribution in [0.15, 0.2) is 42.5 Å². The lowest BCUT2D eigenvalue weighted by Gasteiger charge is -2.25. The molecular weight excluding hydrogens is 499 g/mol. The van der Waals surface area contributed by atoms with Gasteiger partial charge in [-0.05, 0) is 49.1 Å². The van der Waals surface area contributed by atoms with Crippen LogP contribution in [0.4, 0.5) is 10.2 Å². The van der Waals surface area contributed by atoms with Crippen molar-refractivity contribution in [1.29, 1.82) is 0 Å². The molecule has 3 aromatic rings. The molecule has 2 aromatic carbocycles.